The maximum Gasteiger partial charge on any atom is 0.333 e. The zero-order valence-corrected chi connectivity index (χ0v) is 10.2. The minimum absolute atomic E-state index is 0.109. The van der Waals surface area contributed by atoms with Gasteiger partial charge in [0.25, 0.3) is 0 Å². The monoisotopic (exact) mass is 231 g/mol. The predicted molar refractivity (Wildman–Crippen MR) is 66.6 cm³/mol. The highest BCUT2D eigenvalue weighted by Crippen LogP contribution is 2.22. The Morgan fingerprint density at radius 2 is 2.29 bits per heavy atom. The average Bonchev–Trinajstić information content (AvgIpc) is 2.38. The van der Waals surface area contributed by atoms with E-state index in [1.54, 1.807) is 0 Å². The molecule has 2 rings (SSSR count). The summed E-state index contributed by atoms with van der Waals surface area (Å²) in [5.41, 5.74) is 3.17. The van der Waals surface area contributed by atoms with Gasteiger partial charge in [0, 0.05) is 12.1 Å². The van der Waals surface area contributed by atoms with Crippen LogP contribution in [0.3, 0.4) is 0 Å². The lowest BCUT2D eigenvalue weighted by Gasteiger charge is -2.22. The Hall–Kier alpha value is -1.61. The molecule has 1 unspecified atom stereocenters. The maximum absolute atomic E-state index is 11.5. The number of hydrogen-bond donors (Lipinski definition) is 1. The third kappa shape index (κ3) is 2.74. The van der Waals surface area contributed by atoms with Crippen molar-refractivity contribution >= 4 is 5.97 Å². The smallest absolute Gasteiger partial charge is 0.333 e. The van der Waals surface area contributed by atoms with Crippen LogP contribution in [-0.2, 0) is 9.53 Å². The van der Waals surface area contributed by atoms with Crippen molar-refractivity contribution in [3.05, 3.63) is 47.0 Å². The summed E-state index contributed by atoms with van der Waals surface area (Å²) >= 11 is 0. The fourth-order valence-electron chi connectivity index (χ4n) is 2.08. The quantitative estimate of drug-likeness (QED) is 0.792. The zero-order valence-electron chi connectivity index (χ0n) is 10.2. The number of hydrogen-bond acceptors (Lipinski definition) is 3. The molecule has 1 N–H and O–H groups in total. The van der Waals surface area contributed by atoms with E-state index in [4.69, 9.17) is 4.74 Å². The van der Waals surface area contributed by atoms with Gasteiger partial charge in [0.05, 0.1) is 13.2 Å². The second-order valence-corrected chi connectivity index (χ2v) is 4.28. The molecule has 0 fully saturated rings. The summed E-state index contributed by atoms with van der Waals surface area (Å²) in [5, 5.41) is 3.39. The van der Waals surface area contributed by atoms with Crippen molar-refractivity contribution in [2.45, 2.75) is 19.4 Å². The van der Waals surface area contributed by atoms with Crippen LogP contribution in [0.5, 0.6) is 0 Å². The number of carbonyl (C=O) groups is 1. The molecular formula is C14H17NO2. The first-order valence-electron chi connectivity index (χ1n) is 5.79. The van der Waals surface area contributed by atoms with Gasteiger partial charge < -0.3 is 10.1 Å². The van der Waals surface area contributed by atoms with Gasteiger partial charge in [-0.1, -0.05) is 35.9 Å². The third-order valence-corrected chi connectivity index (χ3v) is 2.98. The van der Waals surface area contributed by atoms with Crippen LogP contribution in [0.4, 0.5) is 0 Å². The first-order chi connectivity index (χ1) is 8.20. The van der Waals surface area contributed by atoms with Crippen molar-refractivity contribution in [3.63, 3.8) is 0 Å². The molecule has 0 aromatic heterocycles. The molecule has 17 heavy (non-hydrogen) atoms. The molecule has 1 aromatic carbocycles. The van der Waals surface area contributed by atoms with E-state index >= 15 is 0 Å². The van der Waals surface area contributed by atoms with Gasteiger partial charge in [0.15, 0.2) is 0 Å². The molecular weight excluding hydrogens is 214 g/mol. The lowest BCUT2D eigenvalue weighted by atomic mass is 9.97. The van der Waals surface area contributed by atoms with E-state index < -0.39 is 0 Å². The second-order valence-electron chi connectivity index (χ2n) is 4.28. The number of nitrogens with one attached hydrogen (secondary N) is 1. The molecule has 0 saturated heterocycles. The van der Waals surface area contributed by atoms with Gasteiger partial charge in [-0.15, -0.1) is 0 Å². The van der Waals surface area contributed by atoms with E-state index in [9.17, 15) is 4.79 Å². The SMILES string of the molecule is COC(=O)C1=CC(c2cccc(C)c2)NCC1. The van der Waals surface area contributed by atoms with E-state index in [0.29, 0.717) is 0 Å². The molecule has 0 saturated carbocycles. The van der Waals surface area contributed by atoms with Crippen LogP contribution >= 0.6 is 0 Å². The predicted octanol–water partition coefficient (Wildman–Crippen LogP) is 2.13. The number of methoxy groups -OCH3 is 1. The molecule has 1 aliphatic rings. The van der Waals surface area contributed by atoms with E-state index in [1.807, 2.05) is 12.1 Å². The van der Waals surface area contributed by atoms with Crippen molar-refractivity contribution in [1.29, 1.82) is 0 Å². The van der Waals surface area contributed by atoms with Crippen molar-refractivity contribution in [3.8, 4) is 0 Å². The van der Waals surface area contributed by atoms with Gasteiger partial charge in [0.1, 0.15) is 0 Å². The molecule has 1 aromatic rings. The van der Waals surface area contributed by atoms with E-state index in [-0.39, 0.29) is 12.0 Å². The Kier molecular flexibility index (Phi) is 3.59. The first-order valence-corrected chi connectivity index (χ1v) is 5.79. The highest BCUT2D eigenvalue weighted by molar-refractivity contribution is 5.88. The molecule has 3 nitrogen and oxygen atoms in total. The summed E-state index contributed by atoms with van der Waals surface area (Å²) in [4.78, 5) is 11.5. The Bertz CT molecular complexity index is 451. The summed E-state index contributed by atoms with van der Waals surface area (Å²) in [6.45, 7) is 2.87. The molecule has 1 heterocycles. The normalized spacial score (nSPS) is 19.6. The largest absolute Gasteiger partial charge is 0.466 e. The number of aryl methyl sites for hydroxylation is 1. The molecule has 0 amide bonds. The van der Waals surface area contributed by atoms with Crippen LogP contribution in [-0.4, -0.2) is 19.6 Å². The van der Waals surface area contributed by atoms with Crippen molar-refractivity contribution in [1.82, 2.24) is 5.32 Å². The van der Waals surface area contributed by atoms with Crippen LogP contribution in [0.15, 0.2) is 35.9 Å². The van der Waals surface area contributed by atoms with Crippen LogP contribution in [0.25, 0.3) is 0 Å². The fourth-order valence-corrected chi connectivity index (χ4v) is 2.08. The van der Waals surface area contributed by atoms with E-state index in [0.717, 1.165) is 18.5 Å². The molecule has 0 spiro atoms. The van der Waals surface area contributed by atoms with Gasteiger partial charge in [-0.25, -0.2) is 4.79 Å². The topological polar surface area (TPSA) is 38.3 Å². The van der Waals surface area contributed by atoms with Crippen molar-refractivity contribution < 1.29 is 9.53 Å². The minimum Gasteiger partial charge on any atom is -0.466 e. The molecule has 0 bridgehead atoms. The van der Waals surface area contributed by atoms with Crippen LogP contribution in [0, 0.1) is 6.92 Å². The number of carbonyl (C=O) groups excluding carboxylic acids is 1. The van der Waals surface area contributed by atoms with Crippen LogP contribution in [0.2, 0.25) is 0 Å². The lowest BCUT2D eigenvalue weighted by molar-refractivity contribution is -0.136. The molecule has 1 aliphatic heterocycles. The van der Waals surface area contributed by atoms with Gasteiger partial charge in [0.2, 0.25) is 0 Å². The summed E-state index contributed by atoms with van der Waals surface area (Å²) < 4.78 is 4.76. The molecule has 0 aliphatic carbocycles. The molecule has 1 atom stereocenters. The summed E-state index contributed by atoms with van der Waals surface area (Å²) in [6, 6.07) is 8.41. The fraction of sp³-hybridized carbons (Fsp3) is 0.357. The summed E-state index contributed by atoms with van der Waals surface area (Å²) in [7, 11) is 1.42. The van der Waals surface area contributed by atoms with Gasteiger partial charge in [-0.3, -0.25) is 0 Å². The van der Waals surface area contributed by atoms with E-state index in [1.165, 1.54) is 18.2 Å². The lowest BCUT2D eigenvalue weighted by Crippen LogP contribution is -2.28. The summed E-state index contributed by atoms with van der Waals surface area (Å²) in [5.74, 6) is -0.218. The Morgan fingerprint density at radius 1 is 1.47 bits per heavy atom. The standard InChI is InChI=1S/C14H17NO2/c1-10-4-3-5-11(8-10)13-9-12(6-7-15-13)14(16)17-2/h3-5,8-9,13,15H,6-7H2,1-2H3. The second kappa shape index (κ2) is 5.15. The Balaban J connectivity index is 2.25. The van der Waals surface area contributed by atoms with E-state index in [2.05, 4.69) is 30.4 Å². The summed E-state index contributed by atoms with van der Waals surface area (Å²) in [6.07, 6.45) is 2.69. The average molecular weight is 231 g/mol. The maximum atomic E-state index is 11.5. The van der Waals surface area contributed by atoms with Gasteiger partial charge in [-0.05, 0) is 18.9 Å². The van der Waals surface area contributed by atoms with Crippen LogP contribution in [0.1, 0.15) is 23.6 Å². The zero-order chi connectivity index (χ0) is 12.3. The molecule has 3 heteroatoms. The third-order valence-electron chi connectivity index (χ3n) is 2.98. The Labute approximate surface area is 101 Å². The molecule has 90 valence electrons. The minimum atomic E-state index is -0.218. The first kappa shape index (κ1) is 11.9. The number of rotatable bonds is 2. The molecule has 0 radical (unpaired) electrons. The van der Waals surface area contributed by atoms with Gasteiger partial charge >= 0.3 is 5.97 Å². The van der Waals surface area contributed by atoms with Gasteiger partial charge in [-0.2, -0.15) is 0 Å². The number of benzene rings is 1. The van der Waals surface area contributed by atoms with Crippen molar-refractivity contribution in [2.24, 2.45) is 0 Å². The Morgan fingerprint density at radius 3 is 3.00 bits per heavy atom. The number of ether oxygens (including phenoxy) is 1. The van der Waals surface area contributed by atoms with Crippen molar-refractivity contribution in [2.75, 3.05) is 13.7 Å². The van der Waals surface area contributed by atoms with Crippen LogP contribution < -0.4 is 5.32 Å². The highest BCUT2D eigenvalue weighted by atomic mass is 16.5. The highest BCUT2D eigenvalue weighted by Gasteiger charge is 2.19. The number of esters is 1.